The Labute approximate surface area is 123 Å². The molecule has 2 rings (SSSR count). The van der Waals surface area contributed by atoms with Crippen molar-refractivity contribution in [3.63, 3.8) is 0 Å². The second kappa shape index (κ2) is 6.26. The summed E-state index contributed by atoms with van der Waals surface area (Å²) < 4.78 is 41.6. The van der Waals surface area contributed by atoms with Gasteiger partial charge in [-0.1, -0.05) is 11.6 Å². The number of halogens is 2. The molecule has 5 nitrogen and oxygen atoms in total. The van der Waals surface area contributed by atoms with Gasteiger partial charge in [0.2, 0.25) is 0 Å². The molecule has 1 aliphatic rings. The highest BCUT2D eigenvalue weighted by Crippen LogP contribution is 2.23. The van der Waals surface area contributed by atoms with E-state index in [0.717, 1.165) is 18.9 Å². The van der Waals surface area contributed by atoms with Gasteiger partial charge < -0.3 is 5.73 Å². The number of nitrogens with zero attached hydrogens (tertiary/aromatic N) is 1. The van der Waals surface area contributed by atoms with Crippen molar-refractivity contribution < 1.29 is 12.8 Å². The van der Waals surface area contributed by atoms with E-state index in [-0.39, 0.29) is 16.6 Å². The lowest BCUT2D eigenvalue weighted by Crippen LogP contribution is -2.44. The number of hydrogen-bond acceptors (Lipinski definition) is 3. The smallest absolute Gasteiger partial charge is 0.301 e. The maximum Gasteiger partial charge on any atom is 0.301 e. The Morgan fingerprint density at radius 1 is 1.50 bits per heavy atom. The van der Waals surface area contributed by atoms with E-state index in [1.165, 1.54) is 16.4 Å². The molecule has 1 aromatic rings. The minimum Gasteiger partial charge on any atom is -0.330 e. The Morgan fingerprint density at radius 2 is 2.25 bits per heavy atom. The van der Waals surface area contributed by atoms with E-state index in [2.05, 4.69) is 4.72 Å². The first-order valence-electron chi connectivity index (χ1n) is 6.35. The summed E-state index contributed by atoms with van der Waals surface area (Å²) in [6, 6.07) is 3.73. The topological polar surface area (TPSA) is 75.4 Å². The zero-order valence-corrected chi connectivity index (χ0v) is 12.4. The molecular weight excluding hydrogens is 305 g/mol. The van der Waals surface area contributed by atoms with E-state index in [1.807, 2.05) is 0 Å². The molecule has 0 aromatic heterocycles. The monoisotopic (exact) mass is 321 g/mol. The Hall–Kier alpha value is -0.890. The van der Waals surface area contributed by atoms with Gasteiger partial charge in [-0.15, -0.1) is 0 Å². The van der Waals surface area contributed by atoms with Crippen LogP contribution in [0.15, 0.2) is 18.2 Å². The molecule has 1 aromatic carbocycles. The highest BCUT2D eigenvalue weighted by Gasteiger charge is 2.28. The van der Waals surface area contributed by atoms with E-state index < -0.39 is 16.0 Å². The first kappa shape index (κ1) is 15.5. The third-order valence-corrected chi connectivity index (χ3v) is 5.05. The molecule has 1 aliphatic heterocycles. The van der Waals surface area contributed by atoms with E-state index in [4.69, 9.17) is 17.3 Å². The van der Waals surface area contributed by atoms with Crippen LogP contribution in [0.5, 0.6) is 0 Å². The zero-order valence-electron chi connectivity index (χ0n) is 10.9. The summed E-state index contributed by atoms with van der Waals surface area (Å²) in [5.74, 6) is -0.519. The molecule has 8 heteroatoms. The second-order valence-corrected chi connectivity index (χ2v) is 6.94. The van der Waals surface area contributed by atoms with Crippen LogP contribution in [-0.2, 0) is 10.2 Å². The van der Waals surface area contributed by atoms with Gasteiger partial charge in [0, 0.05) is 18.1 Å². The first-order valence-corrected chi connectivity index (χ1v) is 8.17. The summed E-state index contributed by atoms with van der Waals surface area (Å²) in [6.07, 6.45) is 1.66. The Kier molecular flexibility index (Phi) is 4.85. The van der Waals surface area contributed by atoms with Crippen LogP contribution in [0, 0.1) is 11.7 Å². The normalized spacial score (nSPS) is 20.9. The average Bonchev–Trinajstić information content (AvgIpc) is 2.43. The van der Waals surface area contributed by atoms with Crippen molar-refractivity contribution in [3.8, 4) is 0 Å². The highest BCUT2D eigenvalue weighted by atomic mass is 35.5. The molecular formula is C12H17ClFN3O2S. The molecule has 112 valence electrons. The minimum absolute atomic E-state index is 0.143. The van der Waals surface area contributed by atoms with Gasteiger partial charge in [0.25, 0.3) is 0 Å². The molecule has 0 spiro atoms. The standard InChI is InChI=1S/C12H17ClFN3O2S/c13-10-3-4-11(14)12(6-10)16-20(18,19)17-5-1-2-9(7-15)8-17/h3-4,6,9,16H,1-2,5,7-8,15H2. The molecule has 0 bridgehead atoms. The zero-order chi connectivity index (χ0) is 14.8. The van der Waals surface area contributed by atoms with Crippen molar-refractivity contribution in [2.24, 2.45) is 11.7 Å². The van der Waals surface area contributed by atoms with Crippen LogP contribution >= 0.6 is 11.6 Å². The summed E-state index contributed by atoms with van der Waals surface area (Å²) in [5, 5.41) is 0.266. The molecule has 3 N–H and O–H groups in total. The van der Waals surface area contributed by atoms with Crippen molar-refractivity contribution in [3.05, 3.63) is 29.0 Å². The van der Waals surface area contributed by atoms with Gasteiger partial charge in [-0.05, 0) is 43.5 Å². The molecule has 1 unspecified atom stereocenters. The fraction of sp³-hybridized carbons (Fsp3) is 0.500. The highest BCUT2D eigenvalue weighted by molar-refractivity contribution is 7.90. The summed E-state index contributed by atoms with van der Waals surface area (Å²) in [5.41, 5.74) is 5.44. The van der Waals surface area contributed by atoms with Crippen molar-refractivity contribution >= 4 is 27.5 Å². The molecule has 1 fully saturated rings. The summed E-state index contributed by atoms with van der Waals surface area (Å²) in [6.45, 7) is 1.21. The Bertz CT molecular complexity index is 582. The predicted molar refractivity (Wildman–Crippen MR) is 77.3 cm³/mol. The number of piperidine rings is 1. The minimum atomic E-state index is -3.79. The Balaban J connectivity index is 2.16. The van der Waals surface area contributed by atoms with Gasteiger partial charge in [0.15, 0.2) is 0 Å². The van der Waals surface area contributed by atoms with Crippen molar-refractivity contribution in [2.45, 2.75) is 12.8 Å². The largest absolute Gasteiger partial charge is 0.330 e. The second-order valence-electron chi connectivity index (χ2n) is 4.83. The van der Waals surface area contributed by atoms with E-state index >= 15 is 0 Å². The molecule has 0 saturated carbocycles. The summed E-state index contributed by atoms with van der Waals surface area (Å²) in [7, 11) is -3.79. The third kappa shape index (κ3) is 3.60. The maximum absolute atomic E-state index is 13.6. The summed E-state index contributed by atoms with van der Waals surface area (Å²) in [4.78, 5) is 0. The van der Waals surface area contributed by atoms with Crippen LogP contribution in [0.2, 0.25) is 5.02 Å². The predicted octanol–water partition coefficient (Wildman–Crippen LogP) is 1.81. The van der Waals surface area contributed by atoms with Gasteiger partial charge in [-0.25, -0.2) is 4.39 Å². The van der Waals surface area contributed by atoms with Crippen molar-refractivity contribution in [2.75, 3.05) is 24.4 Å². The average molecular weight is 322 g/mol. The van der Waals surface area contributed by atoms with Crippen molar-refractivity contribution in [1.29, 1.82) is 0 Å². The molecule has 1 saturated heterocycles. The number of hydrogen-bond donors (Lipinski definition) is 2. The molecule has 1 atom stereocenters. The number of rotatable bonds is 4. The van der Waals surface area contributed by atoms with Crippen LogP contribution in [0.25, 0.3) is 0 Å². The van der Waals surface area contributed by atoms with Crippen LogP contribution in [0.4, 0.5) is 10.1 Å². The van der Waals surface area contributed by atoms with Gasteiger partial charge in [-0.2, -0.15) is 12.7 Å². The third-order valence-electron chi connectivity index (χ3n) is 3.32. The van der Waals surface area contributed by atoms with Crippen molar-refractivity contribution in [1.82, 2.24) is 4.31 Å². The SMILES string of the molecule is NCC1CCCN(S(=O)(=O)Nc2cc(Cl)ccc2F)C1. The number of benzene rings is 1. The number of anilines is 1. The lowest BCUT2D eigenvalue weighted by atomic mass is 10.0. The molecule has 1 heterocycles. The van der Waals surface area contributed by atoms with Crippen LogP contribution < -0.4 is 10.5 Å². The molecule has 20 heavy (non-hydrogen) atoms. The quantitative estimate of drug-likeness (QED) is 0.888. The van der Waals surface area contributed by atoms with Crippen LogP contribution in [-0.4, -0.2) is 32.4 Å². The Morgan fingerprint density at radius 3 is 2.95 bits per heavy atom. The molecule has 0 aliphatic carbocycles. The van der Waals surface area contributed by atoms with Gasteiger partial charge in [0.1, 0.15) is 5.82 Å². The van der Waals surface area contributed by atoms with E-state index in [1.54, 1.807) is 0 Å². The maximum atomic E-state index is 13.6. The number of nitrogens with two attached hydrogens (primary N) is 1. The van der Waals surface area contributed by atoms with E-state index in [0.29, 0.717) is 19.6 Å². The number of nitrogens with one attached hydrogen (secondary N) is 1. The van der Waals surface area contributed by atoms with Gasteiger partial charge in [-0.3, -0.25) is 4.72 Å². The fourth-order valence-electron chi connectivity index (χ4n) is 2.22. The lowest BCUT2D eigenvalue weighted by molar-refractivity contribution is 0.273. The molecule has 0 amide bonds. The van der Waals surface area contributed by atoms with Crippen LogP contribution in [0.3, 0.4) is 0 Å². The first-order chi connectivity index (χ1) is 9.42. The van der Waals surface area contributed by atoms with Gasteiger partial charge in [0.05, 0.1) is 5.69 Å². The van der Waals surface area contributed by atoms with Crippen LogP contribution in [0.1, 0.15) is 12.8 Å². The van der Waals surface area contributed by atoms with Gasteiger partial charge >= 0.3 is 10.2 Å². The lowest BCUT2D eigenvalue weighted by Gasteiger charge is -2.31. The fourth-order valence-corrected chi connectivity index (χ4v) is 3.73. The molecule has 0 radical (unpaired) electrons. The summed E-state index contributed by atoms with van der Waals surface area (Å²) >= 11 is 5.75. The van der Waals surface area contributed by atoms with E-state index in [9.17, 15) is 12.8 Å².